The van der Waals surface area contributed by atoms with Crippen LogP contribution in [0.2, 0.25) is 0 Å². The molecule has 4 rings (SSSR count). The highest BCUT2D eigenvalue weighted by atomic mass is 79.9. The summed E-state index contributed by atoms with van der Waals surface area (Å²) in [7, 11) is 0. The smallest absolute Gasteiger partial charge is 0.220 e. The first-order chi connectivity index (χ1) is 11.7. The van der Waals surface area contributed by atoms with Crippen molar-refractivity contribution in [3.8, 4) is 5.69 Å². The van der Waals surface area contributed by atoms with Gasteiger partial charge < -0.3 is 0 Å². The number of benzene rings is 2. The predicted octanol–water partition coefficient (Wildman–Crippen LogP) is 3.83. The molecule has 0 N–H and O–H groups in total. The molecule has 24 heavy (non-hydrogen) atoms. The van der Waals surface area contributed by atoms with Gasteiger partial charge >= 0.3 is 0 Å². The molecule has 2 heterocycles. The van der Waals surface area contributed by atoms with E-state index in [-0.39, 0.29) is 0 Å². The predicted molar refractivity (Wildman–Crippen MR) is 95.3 cm³/mol. The fourth-order valence-corrected chi connectivity index (χ4v) is 3.61. The zero-order chi connectivity index (χ0) is 16.5. The number of rotatable bonds is 3. The second-order valence-electron chi connectivity index (χ2n) is 5.10. The molecule has 0 saturated heterocycles. The van der Waals surface area contributed by atoms with Crippen LogP contribution in [0.15, 0.2) is 63.4 Å². The average Bonchev–Trinajstić information content (AvgIpc) is 3.04. The molecule has 0 bridgehead atoms. The number of hydrogen-bond acceptors (Lipinski definition) is 6. The summed E-state index contributed by atoms with van der Waals surface area (Å²) in [6, 6.07) is 13.8. The highest BCUT2D eigenvalue weighted by Gasteiger charge is 2.14. The van der Waals surface area contributed by atoms with Gasteiger partial charge in [-0.15, -0.1) is 5.10 Å². The van der Waals surface area contributed by atoms with Crippen LogP contribution >= 0.6 is 27.7 Å². The van der Waals surface area contributed by atoms with Gasteiger partial charge in [-0.2, -0.15) is 4.68 Å². The number of hydrogen-bond donors (Lipinski definition) is 0. The summed E-state index contributed by atoms with van der Waals surface area (Å²) in [5.41, 5.74) is 2.93. The van der Waals surface area contributed by atoms with Gasteiger partial charge in [-0.25, -0.2) is 9.97 Å². The Bertz CT molecular complexity index is 1010. The fourth-order valence-electron chi connectivity index (χ4n) is 2.40. The van der Waals surface area contributed by atoms with Crippen molar-refractivity contribution >= 4 is 38.6 Å². The number of halogens is 1. The lowest BCUT2D eigenvalue weighted by Gasteiger charge is -2.07. The van der Waals surface area contributed by atoms with Crippen molar-refractivity contribution in [2.45, 2.75) is 17.1 Å². The summed E-state index contributed by atoms with van der Waals surface area (Å²) < 4.78 is 2.70. The van der Waals surface area contributed by atoms with Crippen LogP contribution in [0.3, 0.4) is 0 Å². The van der Waals surface area contributed by atoms with Crippen LogP contribution in [0.25, 0.3) is 16.6 Å². The SMILES string of the molecule is Cc1cccc2ncnc(Sc3nnnn3-c3ccc(Br)cc3)c12. The number of aromatic nitrogens is 6. The van der Waals surface area contributed by atoms with E-state index in [0.29, 0.717) is 5.16 Å². The van der Waals surface area contributed by atoms with E-state index in [2.05, 4.69) is 41.4 Å². The largest absolute Gasteiger partial charge is 0.236 e. The summed E-state index contributed by atoms with van der Waals surface area (Å²) >= 11 is 4.86. The van der Waals surface area contributed by atoms with Crippen LogP contribution in [0.4, 0.5) is 0 Å². The van der Waals surface area contributed by atoms with Gasteiger partial charge in [0.1, 0.15) is 11.4 Å². The molecular formula is C16H11BrN6S. The lowest BCUT2D eigenvalue weighted by Crippen LogP contribution is -1.99. The molecule has 2 aromatic carbocycles. The molecule has 6 nitrogen and oxygen atoms in total. The van der Waals surface area contributed by atoms with Crippen molar-refractivity contribution in [3.05, 3.63) is 58.8 Å². The third-order valence-corrected chi connectivity index (χ3v) is 5.01. The van der Waals surface area contributed by atoms with E-state index in [1.807, 2.05) is 49.4 Å². The topological polar surface area (TPSA) is 69.4 Å². The monoisotopic (exact) mass is 398 g/mol. The number of nitrogens with zero attached hydrogens (tertiary/aromatic N) is 6. The van der Waals surface area contributed by atoms with E-state index in [9.17, 15) is 0 Å². The molecule has 0 unspecified atom stereocenters. The van der Waals surface area contributed by atoms with E-state index in [1.165, 1.54) is 11.8 Å². The van der Waals surface area contributed by atoms with Crippen LogP contribution in [-0.4, -0.2) is 30.2 Å². The van der Waals surface area contributed by atoms with Crippen molar-refractivity contribution in [2.24, 2.45) is 0 Å². The molecule has 4 aromatic rings. The highest BCUT2D eigenvalue weighted by Crippen LogP contribution is 2.32. The second kappa shape index (κ2) is 6.29. The maximum atomic E-state index is 4.43. The van der Waals surface area contributed by atoms with Crippen molar-refractivity contribution in [3.63, 3.8) is 0 Å². The normalized spacial score (nSPS) is 11.1. The molecule has 0 aliphatic heterocycles. The van der Waals surface area contributed by atoms with Gasteiger partial charge in [0.2, 0.25) is 5.16 Å². The van der Waals surface area contributed by atoms with Gasteiger partial charge in [0.05, 0.1) is 11.2 Å². The molecule has 0 spiro atoms. The van der Waals surface area contributed by atoms with E-state index in [0.717, 1.165) is 31.7 Å². The average molecular weight is 399 g/mol. The first-order valence-corrected chi connectivity index (χ1v) is 8.76. The van der Waals surface area contributed by atoms with E-state index in [1.54, 1.807) is 11.0 Å². The summed E-state index contributed by atoms with van der Waals surface area (Å²) in [5, 5.41) is 14.6. The third kappa shape index (κ3) is 2.78. The minimum absolute atomic E-state index is 0.653. The third-order valence-electron chi connectivity index (χ3n) is 3.54. The van der Waals surface area contributed by atoms with Gasteiger partial charge in [-0.1, -0.05) is 28.1 Å². The Morgan fingerprint density at radius 2 is 1.88 bits per heavy atom. The van der Waals surface area contributed by atoms with Crippen LogP contribution in [0, 0.1) is 6.92 Å². The maximum absolute atomic E-state index is 4.43. The van der Waals surface area contributed by atoms with Crippen LogP contribution < -0.4 is 0 Å². The van der Waals surface area contributed by atoms with Crippen molar-refractivity contribution in [2.75, 3.05) is 0 Å². The molecule has 8 heteroatoms. The zero-order valence-corrected chi connectivity index (χ0v) is 15.0. The first-order valence-electron chi connectivity index (χ1n) is 7.15. The summed E-state index contributed by atoms with van der Waals surface area (Å²) in [5.74, 6) is 0. The lowest BCUT2D eigenvalue weighted by atomic mass is 10.1. The molecule has 0 amide bonds. The van der Waals surface area contributed by atoms with Gasteiger partial charge in [0.15, 0.2) is 0 Å². The first kappa shape index (κ1) is 15.2. The van der Waals surface area contributed by atoms with Gasteiger partial charge in [-0.3, -0.25) is 0 Å². The van der Waals surface area contributed by atoms with Crippen LogP contribution in [0.5, 0.6) is 0 Å². The number of tetrazole rings is 1. The molecule has 0 atom stereocenters. The second-order valence-corrected chi connectivity index (χ2v) is 6.97. The molecule has 0 fully saturated rings. The molecule has 118 valence electrons. The quantitative estimate of drug-likeness (QED) is 0.488. The van der Waals surface area contributed by atoms with Crippen LogP contribution in [-0.2, 0) is 0 Å². The minimum Gasteiger partial charge on any atom is -0.236 e. The van der Waals surface area contributed by atoms with Crippen molar-refractivity contribution < 1.29 is 0 Å². The molecular weight excluding hydrogens is 388 g/mol. The Kier molecular flexibility index (Phi) is 3.99. The van der Waals surface area contributed by atoms with E-state index in [4.69, 9.17) is 0 Å². The van der Waals surface area contributed by atoms with E-state index >= 15 is 0 Å². The summed E-state index contributed by atoms with van der Waals surface area (Å²) in [6.07, 6.45) is 1.57. The van der Waals surface area contributed by atoms with Crippen molar-refractivity contribution in [1.29, 1.82) is 0 Å². The molecule has 0 saturated carbocycles. The Morgan fingerprint density at radius 1 is 1.04 bits per heavy atom. The van der Waals surface area contributed by atoms with E-state index < -0.39 is 0 Å². The van der Waals surface area contributed by atoms with Crippen molar-refractivity contribution in [1.82, 2.24) is 30.2 Å². The fraction of sp³-hybridized carbons (Fsp3) is 0.0625. The van der Waals surface area contributed by atoms with Crippen LogP contribution in [0.1, 0.15) is 5.56 Å². The Balaban J connectivity index is 1.78. The maximum Gasteiger partial charge on any atom is 0.220 e. The van der Waals surface area contributed by atoms with Gasteiger partial charge in [0.25, 0.3) is 0 Å². The summed E-state index contributed by atoms with van der Waals surface area (Å²) in [6.45, 7) is 2.05. The Hall–Kier alpha value is -2.32. The lowest BCUT2D eigenvalue weighted by molar-refractivity contribution is 0.756. The Labute approximate surface area is 150 Å². The number of aryl methyl sites for hydroxylation is 1. The summed E-state index contributed by atoms with van der Waals surface area (Å²) in [4.78, 5) is 8.76. The molecule has 0 radical (unpaired) electrons. The number of fused-ring (bicyclic) bond motifs is 1. The molecule has 0 aliphatic rings. The van der Waals surface area contributed by atoms with Gasteiger partial charge in [-0.05, 0) is 65.0 Å². The minimum atomic E-state index is 0.653. The standard InChI is InChI=1S/C16H11BrN6S/c1-10-3-2-4-13-14(10)15(19-9-18-13)24-16-20-21-22-23(16)12-7-5-11(17)6-8-12/h2-9H,1H3. The highest BCUT2D eigenvalue weighted by molar-refractivity contribution is 9.10. The van der Waals surface area contributed by atoms with Gasteiger partial charge in [0, 0.05) is 9.86 Å². The molecule has 2 aromatic heterocycles. The Morgan fingerprint density at radius 3 is 2.71 bits per heavy atom. The molecule has 0 aliphatic carbocycles. The zero-order valence-electron chi connectivity index (χ0n) is 12.6.